The van der Waals surface area contributed by atoms with Crippen molar-refractivity contribution >= 4 is 37.2 Å². The van der Waals surface area contributed by atoms with E-state index >= 15 is 0 Å². The lowest BCUT2D eigenvalue weighted by Gasteiger charge is -2.17. The molecule has 0 saturated heterocycles. The third kappa shape index (κ3) is 2.08. The minimum absolute atomic E-state index is 0.00727. The van der Waals surface area contributed by atoms with Crippen molar-refractivity contribution in [3.8, 4) is 0 Å². The lowest BCUT2D eigenvalue weighted by molar-refractivity contribution is -0.111. The maximum Gasteiger partial charge on any atom is 0.158 e. The minimum atomic E-state index is -1.66. The average Bonchev–Trinajstić information content (AvgIpc) is 2.51. The monoisotopic (exact) mass is 263 g/mol. The fraction of sp³-hybridized carbons (Fsp3) is 0.286. The molecule has 1 aliphatic rings. The van der Waals surface area contributed by atoms with Gasteiger partial charge in [0.05, 0.1) is 5.37 Å². The number of rotatable bonds is 2. The predicted molar refractivity (Wildman–Crippen MR) is 78.9 cm³/mol. The molecule has 1 N–H and O–H groups in total. The van der Waals surface area contributed by atoms with Gasteiger partial charge in [0.25, 0.3) is 0 Å². The number of anilines is 1. The standard InChI is InChI=1S/C14H17NO2S/c1-10(16)8-18(9-11(2)17)12(3)15-13-6-4-5-7-14(13)18/h4-9,12,15H,1-3H3. The number of nitrogens with one attached hydrogen (secondary N) is 1. The van der Waals surface area contributed by atoms with Crippen molar-refractivity contribution in [3.05, 3.63) is 24.3 Å². The largest absolute Gasteiger partial charge is 0.373 e. The van der Waals surface area contributed by atoms with Crippen molar-refractivity contribution < 1.29 is 9.59 Å². The molecule has 0 radical (unpaired) electrons. The van der Waals surface area contributed by atoms with Gasteiger partial charge >= 0.3 is 0 Å². The SMILES string of the molecule is CC(=O)C=S1(=CC(C)=O)c2ccccc2NC1C. The molecule has 1 unspecified atom stereocenters. The Balaban J connectivity index is 2.85. The molecule has 1 aromatic rings. The summed E-state index contributed by atoms with van der Waals surface area (Å²) in [6.45, 7) is 5.10. The zero-order valence-corrected chi connectivity index (χ0v) is 11.6. The molecule has 0 amide bonds. The van der Waals surface area contributed by atoms with Gasteiger partial charge in [-0.15, -0.1) is 9.21 Å². The third-order valence-electron chi connectivity index (χ3n) is 2.93. The van der Waals surface area contributed by atoms with Gasteiger partial charge in [-0.3, -0.25) is 9.59 Å². The average molecular weight is 263 g/mol. The first-order valence-electron chi connectivity index (χ1n) is 5.84. The maximum atomic E-state index is 11.5. The van der Waals surface area contributed by atoms with E-state index in [-0.39, 0.29) is 16.9 Å². The highest BCUT2D eigenvalue weighted by Crippen LogP contribution is 2.49. The van der Waals surface area contributed by atoms with Crippen molar-refractivity contribution in [2.45, 2.75) is 31.0 Å². The Kier molecular flexibility index (Phi) is 3.30. The van der Waals surface area contributed by atoms with E-state index in [4.69, 9.17) is 0 Å². The number of carbonyl (C=O) groups excluding carboxylic acids is 2. The summed E-state index contributed by atoms with van der Waals surface area (Å²) in [5.41, 5.74) is 1.02. The summed E-state index contributed by atoms with van der Waals surface area (Å²) < 4.78 is 0. The van der Waals surface area contributed by atoms with Crippen molar-refractivity contribution in [1.82, 2.24) is 0 Å². The number of para-hydroxylation sites is 1. The molecule has 0 bridgehead atoms. The molecule has 0 aliphatic carbocycles. The van der Waals surface area contributed by atoms with E-state index in [0.717, 1.165) is 10.6 Å². The summed E-state index contributed by atoms with van der Waals surface area (Å²) >= 11 is 0. The summed E-state index contributed by atoms with van der Waals surface area (Å²) in [4.78, 5) is 24.2. The van der Waals surface area contributed by atoms with Crippen LogP contribution in [-0.2, 0) is 9.59 Å². The van der Waals surface area contributed by atoms with Crippen molar-refractivity contribution in [3.63, 3.8) is 0 Å². The molecular weight excluding hydrogens is 246 g/mol. The maximum absolute atomic E-state index is 11.5. The molecule has 2 rings (SSSR count). The lowest BCUT2D eigenvalue weighted by atomic mass is 10.3. The third-order valence-corrected chi connectivity index (χ3v) is 6.78. The van der Waals surface area contributed by atoms with Crippen LogP contribution in [0.15, 0.2) is 29.2 Å². The van der Waals surface area contributed by atoms with Crippen LogP contribution in [0.3, 0.4) is 0 Å². The molecule has 1 aliphatic heterocycles. The second-order valence-electron chi connectivity index (χ2n) is 4.50. The van der Waals surface area contributed by atoms with Gasteiger partial charge in [-0.25, -0.2) is 0 Å². The number of carbonyl (C=O) groups is 2. The van der Waals surface area contributed by atoms with Gasteiger partial charge < -0.3 is 5.32 Å². The highest BCUT2D eigenvalue weighted by atomic mass is 32.2. The van der Waals surface area contributed by atoms with Crippen molar-refractivity contribution in [2.75, 3.05) is 5.32 Å². The number of benzene rings is 1. The van der Waals surface area contributed by atoms with Gasteiger partial charge in [-0.2, -0.15) is 0 Å². The summed E-state index contributed by atoms with van der Waals surface area (Å²) in [6, 6.07) is 7.89. The van der Waals surface area contributed by atoms with Crippen LogP contribution in [0.5, 0.6) is 0 Å². The van der Waals surface area contributed by atoms with Crippen molar-refractivity contribution in [1.29, 1.82) is 0 Å². The number of hydrogen-bond acceptors (Lipinski definition) is 3. The minimum Gasteiger partial charge on any atom is -0.373 e. The zero-order valence-electron chi connectivity index (χ0n) is 10.8. The van der Waals surface area contributed by atoms with E-state index in [1.54, 1.807) is 10.7 Å². The highest BCUT2D eigenvalue weighted by molar-refractivity contribution is 8.31. The van der Waals surface area contributed by atoms with E-state index in [2.05, 4.69) is 5.32 Å². The Morgan fingerprint density at radius 3 is 2.28 bits per heavy atom. The van der Waals surface area contributed by atoms with Gasteiger partial charge in [0.2, 0.25) is 0 Å². The normalized spacial score (nSPS) is 19.6. The van der Waals surface area contributed by atoms with Gasteiger partial charge in [0, 0.05) is 21.3 Å². The van der Waals surface area contributed by atoms with E-state index in [1.807, 2.05) is 31.2 Å². The summed E-state index contributed by atoms with van der Waals surface area (Å²) in [6.07, 6.45) is 0. The Labute approximate surface area is 108 Å². The Morgan fingerprint density at radius 2 is 1.72 bits per heavy atom. The summed E-state index contributed by atoms with van der Waals surface area (Å²) in [5, 5.41) is 6.88. The molecule has 4 heteroatoms. The Bertz CT molecular complexity index is 611. The van der Waals surface area contributed by atoms with Crippen LogP contribution < -0.4 is 5.32 Å². The van der Waals surface area contributed by atoms with Crippen LogP contribution in [0.4, 0.5) is 5.69 Å². The Morgan fingerprint density at radius 1 is 1.17 bits per heavy atom. The second kappa shape index (κ2) is 4.61. The van der Waals surface area contributed by atoms with Gasteiger partial charge in [0.15, 0.2) is 11.6 Å². The fourth-order valence-electron chi connectivity index (χ4n) is 2.32. The van der Waals surface area contributed by atoms with Crippen LogP contribution in [0.2, 0.25) is 0 Å². The first-order chi connectivity index (χ1) is 8.45. The first kappa shape index (κ1) is 12.9. The van der Waals surface area contributed by atoms with Crippen LogP contribution >= 0.6 is 9.21 Å². The van der Waals surface area contributed by atoms with Crippen LogP contribution in [0.1, 0.15) is 20.8 Å². The van der Waals surface area contributed by atoms with Crippen LogP contribution in [0.25, 0.3) is 0 Å². The quantitative estimate of drug-likeness (QED) is 0.833. The number of fused-ring (bicyclic) bond motifs is 1. The molecule has 0 fully saturated rings. The molecule has 18 heavy (non-hydrogen) atoms. The van der Waals surface area contributed by atoms with Gasteiger partial charge in [-0.1, -0.05) is 12.1 Å². The summed E-state index contributed by atoms with van der Waals surface area (Å²) in [7, 11) is -1.66. The second-order valence-corrected chi connectivity index (χ2v) is 7.64. The number of Topliss-reactive ketones (excluding diaryl/α,β-unsaturated/α-hetero) is 2. The molecule has 0 spiro atoms. The first-order valence-corrected chi connectivity index (χ1v) is 7.66. The topological polar surface area (TPSA) is 46.2 Å². The molecule has 3 nitrogen and oxygen atoms in total. The van der Waals surface area contributed by atoms with Gasteiger partial charge in [0.1, 0.15) is 0 Å². The zero-order chi connectivity index (χ0) is 13.3. The molecule has 0 aromatic heterocycles. The molecule has 1 heterocycles. The van der Waals surface area contributed by atoms with E-state index in [1.165, 1.54) is 13.8 Å². The van der Waals surface area contributed by atoms with Crippen molar-refractivity contribution in [2.24, 2.45) is 0 Å². The number of hydrogen-bond donors (Lipinski definition) is 1. The highest BCUT2D eigenvalue weighted by Gasteiger charge is 2.27. The number of ketones is 2. The predicted octanol–water partition coefficient (Wildman–Crippen LogP) is 2.40. The lowest BCUT2D eigenvalue weighted by Crippen LogP contribution is -2.13. The van der Waals surface area contributed by atoms with E-state index in [0.29, 0.717) is 0 Å². The van der Waals surface area contributed by atoms with E-state index in [9.17, 15) is 9.59 Å². The molecule has 1 aromatic carbocycles. The molecule has 1 atom stereocenters. The molecule has 0 saturated carbocycles. The summed E-state index contributed by atoms with van der Waals surface area (Å²) in [5.74, 6) is 0.0145. The fourth-order valence-corrected chi connectivity index (χ4v) is 5.67. The van der Waals surface area contributed by atoms with E-state index < -0.39 is 9.21 Å². The molecule has 96 valence electrons. The van der Waals surface area contributed by atoms with Gasteiger partial charge in [-0.05, 0) is 32.9 Å². The van der Waals surface area contributed by atoms with Crippen LogP contribution in [-0.4, -0.2) is 27.7 Å². The molecular formula is C14H17NO2S. The smallest absolute Gasteiger partial charge is 0.158 e. The Hall–Kier alpha value is -1.55. The van der Waals surface area contributed by atoms with Crippen LogP contribution in [0, 0.1) is 0 Å².